The summed E-state index contributed by atoms with van der Waals surface area (Å²) < 4.78 is 10.7. The molecule has 2 atom stereocenters. The van der Waals surface area contributed by atoms with Crippen molar-refractivity contribution in [2.24, 2.45) is 5.41 Å². The van der Waals surface area contributed by atoms with Crippen LogP contribution >= 0.6 is 0 Å². The van der Waals surface area contributed by atoms with E-state index in [0.29, 0.717) is 30.1 Å². The smallest absolute Gasteiger partial charge is 0.249 e. The van der Waals surface area contributed by atoms with E-state index < -0.39 is 11.5 Å². The maximum atomic E-state index is 14.0. The summed E-state index contributed by atoms with van der Waals surface area (Å²) in [5.74, 6) is 1.80. The molecular weight excluding hydrogens is 370 g/mol. The van der Waals surface area contributed by atoms with Gasteiger partial charge < -0.3 is 19.3 Å². The van der Waals surface area contributed by atoms with E-state index in [4.69, 9.17) is 9.26 Å². The van der Waals surface area contributed by atoms with Gasteiger partial charge >= 0.3 is 0 Å². The monoisotopic (exact) mass is 397 g/mol. The Balaban J connectivity index is 1.49. The minimum absolute atomic E-state index is 0.0672. The number of aryl methyl sites for hydroxylation is 1. The van der Waals surface area contributed by atoms with Gasteiger partial charge in [-0.3, -0.25) is 4.79 Å². The molecule has 3 aliphatic rings. The van der Waals surface area contributed by atoms with Crippen molar-refractivity contribution in [2.45, 2.75) is 63.0 Å². The Morgan fingerprint density at radius 1 is 1.28 bits per heavy atom. The van der Waals surface area contributed by atoms with Gasteiger partial charge in [-0.2, -0.15) is 4.98 Å². The third kappa shape index (κ3) is 2.86. The second-order valence-corrected chi connectivity index (χ2v) is 9.06. The Bertz CT molecular complexity index is 910. The molecule has 29 heavy (non-hydrogen) atoms. The van der Waals surface area contributed by atoms with Gasteiger partial charge in [0.1, 0.15) is 11.8 Å². The quantitative estimate of drug-likeness (QED) is 0.853. The molecule has 2 heterocycles. The number of aliphatic hydroxyl groups excluding tert-OH is 1. The highest BCUT2D eigenvalue weighted by Gasteiger charge is 2.63. The molecule has 154 valence electrons. The predicted octanol–water partition coefficient (Wildman–Crippen LogP) is 2.92. The summed E-state index contributed by atoms with van der Waals surface area (Å²) in [6, 6.07) is 7.51. The van der Waals surface area contributed by atoms with Gasteiger partial charge in [0.05, 0.1) is 18.6 Å². The number of hydrogen-bond acceptors (Lipinski definition) is 6. The molecule has 3 fully saturated rings. The molecule has 2 aliphatic carbocycles. The number of aromatic nitrogens is 2. The normalized spacial score (nSPS) is 26.8. The van der Waals surface area contributed by atoms with Crippen LogP contribution in [0.4, 0.5) is 0 Å². The number of methoxy groups -OCH3 is 1. The second kappa shape index (κ2) is 6.55. The van der Waals surface area contributed by atoms with Crippen LogP contribution in [-0.4, -0.2) is 45.8 Å². The summed E-state index contributed by atoms with van der Waals surface area (Å²) in [4.78, 5) is 20.1. The molecule has 1 N–H and O–H groups in total. The van der Waals surface area contributed by atoms with E-state index in [1.165, 1.54) is 19.3 Å². The molecule has 1 aliphatic heterocycles. The molecule has 1 spiro atoms. The summed E-state index contributed by atoms with van der Waals surface area (Å²) in [5, 5.41) is 14.2. The molecule has 0 radical (unpaired) electrons. The van der Waals surface area contributed by atoms with Gasteiger partial charge in [0.2, 0.25) is 11.8 Å². The van der Waals surface area contributed by atoms with E-state index >= 15 is 0 Å². The van der Waals surface area contributed by atoms with E-state index in [0.717, 1.165) is 24.2 Å². The van der Waals surface area contributed by atoms with Crippen LogP contribution in [0.15, 0.2) is 28.8 Å². The lowest BCUT2D eigenvalue weighted by Gasteiger charge is -2.61. The highest BCUT2D eigenvalue weighted by atomic mass is 16.5. The SMILES string of the molecule is COc1ccc(C2(C(=O)N3C[C@@H](O)C[C@@H]3c3nc(C)no3)CC3(CCC3)C2)cc1. The summed E-state index contributed by atoms with van der Waals surface area (Å²) in [6.07, 6.45) is 5.24. The van der Waals surface area contributed by atoms with E-state index in [9.17, 15) is 9.90 Å². The van der Waals surface area contributed by atoms with E-state index in [1.54, 1.807) is 18.9 Å². The number of β-amino-alcohol motifs (C(OH)–C–C–N with tert-alkyl or cyclic N) is 1. The van der Waals surface area contributed by atoms with Crippen LogP contribution in [-0.2, 0) is 10.2 Å². The van der Waals surface area contributed by atoms with Crippen LogP contribution in [0.2, 0.25) is 0 Å². The summed E-state index contributed by atoms with van der Waals surface area (Å²) in [7, 11) is 1.64. The highest BCUT2D eigenvalue weighted by Crippen LogP contribution is 2.66. The van der Waals surface area contributed by atoms with Crippen molar-refractivity contribution in [3.05, 3.63) is 41.5 Å². The number of ether oxygens (including phenoxy) is 1. The van der Waals surface area contributed by atoms with Crippen LogP contribution in [0.3, 0.4) is 0 Å². The van der Waals surface area contributed by atoms with Crippen molar-refractivity contribution >= 4 is 5.91 Å². The topological polar surface area (TPSA) is 88.7 Å². The maximum Gasteiger partial charge on any atom is 0.249 e. The Hall–Kier alpha value is -2.41. The highest BCUT2D eigenvalue weighted by molar-refractivity contribution is 5.90. The molecular formula is C22H27N3O4. The van der Waals surface area contributed by atoms with E-state index in [-0.39, 0.29) is 11.9 Å². The maximum absolute atomic E-state index is 14.0. The number of nitrogens with zero attached hydrogens (tertiary/aromatic N) is 3. The molecule has 2 aromatic rings. The largest absolute Gasteiger partial charge is 0.497 e. The summed E-state index contributed by atoms with van der Waals surface area (Å²) in [5.41, 5.74) is 0.789. The van der Waals surface area contributed by atoms with Crippen molar-refractivity contribution in [1.82, 2.24) is 15.0 Å². The Kier molecular flexibility index (Phi) is 4.21. The zero-order valence-corrected chi connectivity index (χ0v) is 16.9. The van der Waals surface area contributed by atoms with E-state index in [2.05, 4.69) is 10.1 Å². The van der Waals surface area contributed by atoms with Gasteiger partial charge in [-0.1, -0.05) is 23.7 Å². The van der Waals surface area contributed by atoms with E-state index in [1.807, 2.05) is 24.3 Å². The fourth-order valence-corrected chi connectivity index (χ4v) is 5.64. The van der Waals surface area contributed by atoms with Gasteiger partial charge in [-0.25, -0.2) is 0 Å². The van der Waals surface area contributed by atoms with Gasteiger partial charge in [-0.15, -0.1) is 0 Å². The number of benzene rings is 1. The standard InChI is InChI=1S/C22H27N3O4/c1-14-23-19(29-24-14)18-10-16(26)11-25(18)20(27)22(12-21(13-22)8-3-9-21)15-4-6-17(28-2)7-5-15/h4-7,16,18,26H,3,8-13H2,1-2H3/t16-,18+/m0/s1. The van der Waals surface area contributed by atoms with Gasteiger partial charge in [-0.05, 0) is 55.7 Å². The third-order valence-corrected chi connectivity index (χ3v) is 7.19. The van der Waals surface area contributed by atoms with Gasteiger partial charge in [0.15, 0.2) is 5.82 Å². The summed E-state index contributed by atoms with van der Waals surface area (Å²) >= 11 is 0. The first-order chi connectivity index (χ1) is 13.9. The first-order valence-corrected chi connectivity index (χ1v) is 10.4. The van der Waals surface area contributed by atoms with Gasteiger partial charge in [0.25, 0.3) is 0 Å². The lowest BCUT2D eigenvalue weighted by molar-refractivity contribution is -0.155. The van der Waals surface area contributed by atoms with Crippen LogP contribution < -0.4 is 4.74 Å². The predicted molar refractivity (Wildman–Crippen MR) is 104 cm³/mol. The third-order valence-electron chi connectivity index (χ3n) is 7.19. The lowest BCUT2D eigenvalue weighted by Crippen LogP contribution is -2.61. The van der Waals surface area contributed by atoms with Crippen molar-refractivity contribution in [2.75, 3.05) is 13.7 Å². The second-order valence-electron chi connectivity index (χ2n) is 9.06. The number of rotatable bonds is 4. The first-order valence-electron chi connectivity index (χ1n) is 10.4. The molecule has 2 saturated carbocycles. The average molecular weight is 397 g/mol. The number of aliphatic hydroxyl groups is 1. The Morgan fingerprint density at radius 3 is 2.55 bits per heavy atom. The Morgan fingerprint density at radius 2 is 2.00 bits per heavy atom. The van der Waals surface area contributed by atoms with Crippen LogP contribution in [0.5, 0.6) is 5.75 Å². The van der Waals surface area contributed by atoms with Crippen molar-refractivity contribution in [3.63, 3.8) is 0 Å². The number of amides is 1. The number of hydrogen-bond donors (Lipinski definition) is 1. The molecule has 1 aromatic heterocycles. The fourth-order valence-electron chi connectivity index (χ4n) is 5.64. The molecule has 0 bridgehead atoms. The zero-order valence-electron chi connectivity index (χ0n) is 16.9. The molecule has 7 nitrogen and oxygen atoms in total. The molecule has 7 heteroatoms. The van der Waals surface area contributed by atoms with Crippen LogP contribution in [0.25, 0.3) is 0 Å². The fraction of sp³-hybridized carbons (Fsp3) is 0.591. The number of likely N-dealkylation sites (tertiary alicyclic amines) is 1. The molecule has 1 aromatic carbocycles. The minimum atomic E-state index is -0.582. The van der Waals surface area contributed by atoms with Crippen LogP contribution in [0, 0.1) is 12.3 Å². The average Bonchev–Trinajstić information content (AvgIpc) is 3.25. The molecule has 5 rings (SSSR count). The number of carbonyl (C=O) groups is 1. The van der Waals surface area contributed by atoms with Crippen LogP contribution in [0.1, 0.15) is 61.8 Å². The van der Waals surface area contributed by atoms with Crippen molar-refractivity contribution < 1.29 is 19.2 Å². The Labute approximate surface area is 170 Å². The molecule has 1 amide bonds. The number of carbonyl (C=O) groups excluding carboxylic acids is 1. The first kappa shape index (κ1) is 18.6. The molecule has 0 unspecified atom stereocenters. The summed E-state index contributed by atoms with van der Waals surface area (Å²) in [6.45, 7) is 2.06. The zero-order chi connectivity index (χ0) is 20.2. The van der Waals surface area contributed by atoms with Crippen molar-refractivity contribution in [3.8, 4) is 5.75 Å². The lowest BCUT2D eigenvalue weighted by atomic mass is 9.43. The molecule has 1 saturated heterocycles. The van der Waals surface area contributed by atoms with Crippen molar-refractivity contribution in [1.29, 1.82) is 0 Å². The minimum Gasteiger partial charge on any atom is -0.497 e. The van der Waals surface area contributed by atoms with Gasteiger partial charge in [0, 0.05) is 13.0 Å².